The summed E-state index contributed by atoms with van der Waals surface area (Å²) in [5, 5.41) is 0.641. The van der Waals surface area contributed by atoms with Gasteiger partial charge in [-0.3, -0.25) is 9.36 Å². The van der Waals surface area contributed by atoms with Crippen LogP contribution in [0.3, 0.4) is 0 Å². The van der Waals surface area contributed by atoms with Crippen molar-refractivity contribution in [3.8, 4) is 5.69 Å². The lowest BCUT2D eigenvalue weighted by Gasteiger charge is -2.13. The van der Waals surface area contributed by atoms with E-state index in [0.717, 1.165) is 37.3 Å². The van der Waals surface area contributed by atoms with Gasteiger partial charge in [0.05, 0.1) is 12.0 Å². The van der Waals surface area contributed by atoms with Gasteiger partial charge in [-0.05, 0) is 43.5 Å². The zero-order valence-electron chi connectivity index (χ0n) is 14.9. The van der Waals surface area contributed by atoms with E-state index in [9.17, 15) is 4.79 Å². The van der Waals surface area contributed by atoms with Crippen molar-refractivity contribution in [2.45, 2.75) is 46.6 Å². The zero-order valence-corrected chi connectivity index (χ0v) is 15.6. The molecule has 0 spiro atoms. The van der Waals surface area contributed by atoms with Gasteiger partial charge in [-0.2, -0.15) is 0 Å². The lowest BCUT2D eigenvalue weighted by Crippen LogP contribution is -2.24. The van der Waals surface area contributed by atoms with E-state index in [1.165, 1.54) is 0 Å². The fraction of sp³-hybridized carbons (Fsp3) is 0.421. The highest BCUT2D eigenvalue weighted by Crippen LogP contribution is 2.17. The third-order valence-electron chi connectivity index (χ3n) is 4.32. The van der Waals surface area contributed by atoms with Gasteiger partial charge in [0.1, 0.15) is 5.82 Å². The van der Waals surface area contributed by atoms with Crippen molar-refractivity contribution in [1.82, 2.24) is 19.1 Å². The molecular formula is C19H23ClN4O. The molecule has 0 aliphatic heterocycles. The van der Waals surface area contributed by atoms with Crippen molar-refractivity contribution in [3.05, 3.63) is 51.8 Å². The second kappa shape index (κ2) is 7.40. The number of aryl methyl sites for hydroxylation is 2. The van der Waals surface area contributed by atoms with Crippen molar-refractivity contribution in [1.29, 1.82) is 0 Å². The number of imidazole rings is 1. The summed E-state index contributed by atoms with van der Waals surface area (Å²) in [5.74, 6) is 1.40. The molecule has 0 saturated carbocycles. The van der Waals surface area contributed by atoms with Crippen LogP contribution in [0.4, 0.5) is 0 Å². The Hall–Kier alpha value is -2.14. The molecule has 2 heterocycles. The number of fused-ring (bicyclic) bond motifs is 1. The van der Waals surface area contributed by atoms with Crippen LogP contribution in [0.1, 0.15) is 39.4 Å². The second-order valence-corrected chi connectivity index (χ2v) is 7.07. The van der Waals surface area contributed by atoms with E-state index in [4.69, 9.17) is 16.6 Å². The molecule has 0 bridgehead atoms. The van der Waals surface area contributed by atoms with Crippen LogP contribution in [0.25, 0.3) is 16.9 Å². The molecule has 0 atom stereocenters. The topological polar surface area (TPSA) is 52.7 Å². The molecule has 0 amide bonds. The molecule has 2 aromatic heterocycles. The van der Waals surface area contributed by atoms with E-state index in [1.54, 1.807) is 23.0 Å². The van der Waals surface area contributed by atoms with Gasteiger partial charge in [0, 0.05) is 18.0 Å². The van der Waals surface area contributed by atoms with E-state index in [1.807, 2.05) is 23.6 Å². The molecule has 6 heteroatoms. The molecular weight excluding hydrogens is 336 g/mol. The van der Waals surface area contributed by atoms with Gasteiger partial charge in [0.25, 0.3) is 5.56 Å². The highest BCUT2D eigenvalue weighted by atomic mass is 35.5. The summed E-state index contributed by atoms with van der Waals surface area (Å²) in [4.78, 5) is 22.2. The Morgan fingerprint density at radius 2 is 1.92 bits per heavy atom. The lowest BCUT2D eigenvalue weighted by atomic mass is 10.1. The van der Waals surface area contributed by atoms with E-state index in [2.05, 4.69) is 18.8 Å². The molecule has 0 saturated heterocycles. The molecule has 0 radical (unpaired) electrons. The first-order chi connectivity index (χ1) is 12.0. The number of benzene rings is 1. The summed E-state index contributed by atoms with van der Waals surface area (Å²) in [6.07, 6.45) is 4.52. The normalized spacial score (nSPS) is 11.6. The Morgan fingerprint density at radius 1 is 1.20 bits per heavy atom. The van der Waals surface area contributed by atoms with Gasteiger partial charge in [-0.25, -0.2) is 9.97 Å². The number of hydrogen-bond donors (Lipinski definition) is 0. The van der Waals surface area contributed by atoms with Crippen LogP contribution in [0.5, 0.6) is 0 Å². The highest BCUT2D eigenvalue weighted by Gasteiger charge is 2.16. The molecule has 3 rings (SSSR count). The standard InChI is InChI=1S/C19H23ClN4O/c1-4-23-12-21-17-18(23)22-16(7-5-6-13(2)3)24(19(17)25)15-10-8-14(20)9-11-15/h8-13H,4-7H2,1-3H3. The summed E-state index contributed by atoms with van der Waals surface area (Å²) < 4.78 is 3.58. The van der Waals surface area contributed by atoms with Gasteiger partial charge < -0.3 is 4.57 Å². The summed E-state index contributed by atoms with van der Waals surface area (Å²) in [6, 6.07) is 7.27. The Morgan fingerprint density at radius 3 is 2.56 bits per heavy atom. The van der Waals surface area contributed by atoms with Crippen LogP contribution in [0, 0.1) is 5.92 Å². The van der Waals surface area contributed by atoms with Gasteiger partial charge in [0.2, 0.25) is 0 Å². The monoisotopic (exact) mass is 358 g/mol. The third-order valence-corrected chi connectivity index (χ3v) is 4.57. The van der Waals surface area contributed by atoms with E-state index in [0.29, 0.717) is 22.1 Å². The average Bonchev–Trinajstić information content (AvgIpc) is 2.99. The molecule has 0 unspecified atom stereocenters. The van der Waals surface area contributed by atoms with E-state index >= 15 is 0 Å². The molecule has 1 aromatic carbocycles. The number of hydrogen-bond acceptors (Lipinski definition) is 3. The first-order valence-electron chi connectivity index (χ1n) is 8.74. The van der Waals surface area contributed by atoms with Crippen molar-refractivity contribution in [2.75, 3.05) is 0 Å². The maximum Gasteiger partial charge on any atom is 0.286 e. The van der Waals surface area contributed by atoms with Crippen LogP contribution < -0.4 is 5.56 Å². The molecule has 3 aromatic rings. The van der Waals surface area contributed by atoms with Crippen molar-refractivity contribution < 1.29 is 0 Å². The van der Waals surface area contributed by atoms with Gasteiger partial charge in [-0.15, -0.1) is 0 Å². The van der Waals surface area contributed by atoms with Gasteiger partial charge >= 0.3 is 0 Å². The number of rotatable bonds is 6. The summed E-state index contributed by atoms with van der Waals surface area (Å²) in [7, 11) is 0. The maximum absolute atomic E-state index is 13.1. The van der Waals surface area contributed by atoms with Crippen LogP contribution in [0.2, 0.25) is 5.02 Å². The molecule has 132 valence electrons. The Labute approximate surface area is 152 Å². The molecule has 0 N–H and O–H groups in total. The molecule has 25 heavy (non-hydrogen) atoms. The quantitative estimate of drug-likeness (QED) is 0.662. The maximum atomic E-state index is 13.1. The van der Waals surface area contributed by atoms with E-state index in [-0.39, 0.29) is 5.56 Å². The van der Waals surface area contributed by atoms with Crippen molar-refractivity contribution in [3.63, 3.8) is 0 Å². The summed E-state index contributed by atoms with van der Waals surface area (Å²) in [5.41, 5.74) is 1.72. The number of nitrogens with zero attached hydrogens (tertiary/aromatic N) is 4. The average molecular weight is 359 g/mol. The zero-order chi connectivity index (χ0) is 18.0. The Bertz CT molecular complexity index is 925. The minimum absolute atomic E-state index is 0.126. The number of halogens is 1. The van der Waals surface area contributed by atoms with E-state index < -0.39 is 0 Å². The largest absolute Gasteiger partial charge is 0.315 e. The van der Waals surface area contributed by atoms with Gasteiger partial charge in [-0.1, -0.05) is 31.9 Å². The predicted molar refractivity (Wildman–Crippen MR) is 102 cm³/mol. The number of aromatic nitrogens is 4. The summed E-state index contributed by atoms with van der Waals surface area (Å²) in [6.45, 7) is 7.16. The smallest absolute Gasteiger partial charge is 0.286 e. The first kappa shape index (κ1) is 17.7. The van der Waals surface area contributed by atoms with Crippen molar-refractivity contribution >= 4 is 22.8 Å². The highest BCUT2D eigenvalue weighted by molar-refractivity contribution is 6.30. The Balaban J connectivity index is 2.15. The molecule has 0 aliphatic rings. The predicted octanol–water partition coefficient (Wildman–Crippen LogP) is 4.23. The third kappa shape index (κ3) is 3.61. The molecule has 5 nitrogen and oxygen atoms in total. The molecule has 0 aliphatic carbocycles. The summed E-state index contributed by atoms with van der Waals surface area (Å²) >= 11 is 6.00. The second-order valence-electron chi connectivity index (χ2n) is 6.63. The minimum atomic E-state index is -0.126. The van der Waals surface area contributed by atoms with Crippen LogP contribution in [-0.2, 0) is 13.0 Å². The van der Waals surface area contributed by atoms with Crippen molar-refractivity contribution in [2.24, 2.45) is 5.92 Å². The fourth-order valence-electron chi connectivity index (χ4n) is 2.96. The van der Waals surface area contributed by atoms with Crippen LogP contribution in [0.15, 0.2) is 35.4 Å². The van der Waals surface area contributed by atoms with Gasteiger partial charge in [0.15, 0.2) is 11.2 Å². The SMILES string of the molecule is CCn1cnc2c(=O)n(-c3ccc(Cl)cc3)c(CCCC(C)C)nc21. The Kier molecular flexibility index (Phi) is 5.23. The molecule has 0 fully saturated rings. The lowest BCUT2D eigenvalue weighted by molar-refractivity contribution is 0.545. The first-order valence-corrected chi connectivity index (χ1v) is 9.11. The van der Waals surface area contributed by atoms with Crippen LogP contribution in [-0.4, -0.2) is 19.1 Å². The van der Waals surface area contributed by atoms with Crippen LogP contribution >= 0.6 is 11.6 Å². The minimum Gasteiger partial charge on any atom is -0.315 e. The fourth-order valence-corrected chi connectivity index (χ4v) is 3.09.